The molecule has 1 saturated carbocycles. The fourth-order valence-electron chi connectivity index (χ4n) is 4.15. The van der Waals surface area contributed by atoms with Gasteiger partial charge in [-0.25, -0.2) is 8.78 Å². The van der Waals surface area contributed by atoms with E-state index in [1.54, 1.807) is 27.8 Å². The lowest BCUT2D eigenvalue weighted by atomic mass is 9.91. The van der Waals surface area contributed by atoms with E-state index in [1.165, 1.54) is 22.8 Å². The van der Waals surface area contributed by atoms with Gasteiger partial charge in [-0.2, -0.15) is 0 Å². The molecule has 1 fully saturated rings. The molecule has 1 aromatic heterocycles. The number of rotatable bonds is 5. The molecule has 0 saturated heterocycles. The van der Waals surface area contributed by atoms with Crippen LogP contribution in [0, 0.1) is 26.6 Å². The number of aryl methyl sites for hydroxylation is 1. The number of benzene rings is 1. The van der Waals surface area contributed by atoms with Crippen molar-refractivity contribution in [3.63, 3.8) is 0 Å². The first-order valence-electron chi connectivity index (χ1n) is 10.4. The van der Waals surface area contributed by atoms with Crippen LogP contribution in [0.3, 0.4) is 0 Å². The zero-order chi connectivity index (χ0) is 23.7. The van der Waals surface area contributed by atoms with Gasteiger partial charge in [-0.1, -0.05) is 0 Å². The Bertz CT molecular complexity index is 1080. The lowest BCUT2D eigenvalue weighted by Gasteiger charge is -2.29. The van der Waals surface area contributed by atoms with Gasteiger partial charge < -0.3 is 20.3 Å². The molecule has 1 aliphatic rings. The first-order chi connectivity index (χ1) is 15.0. The monoisotopic (exact) mass is 447 g/mol. The SMILES string of the molecule is Cc1cc(NC(=O)c2c(C)c(C(=O)C(=O)N[C@@H]3CC[C@H](O)C[C@@H]3F)n(C)c2C)ccc1F. The average molecular weight is 447 g/mol. The highest BCUT2D eigenvalue weighted by atomic mass is 19.1. The number of amides is 2. The third kappa shape index (κ3) is 4.57. The first kappa shape index (κ1) is 23.6. The molecule has 2 amide bonds. The van der Waals surface area contributed by atoms with Crippen LogP contribution in [0.15, 0.2) is 18.2 Å². The summed E-state index contributed by atoms with van der Waals surface area (Å²) in [5.41, 5.74) is 1.83. The number of Topliss-reactive ketones (excluding diaryl/α,β-unsaturated/α-hetero) is 1. The molecule has 0 bridgehead atoms. The number of aromatic nitrogens is 1. The highest BCUT2D eigenvalue weighted by Gasteiger charge is 2.34. The quantitative estimate of drug-likeness (QED) is 0.485. The topological polar surface area (TPSA) is 100 Å². The minimum absolute atomic E-state index is 0.0340. The third-order valence-electron chi connectivity index (χ3n) is 6.06. The smallest absolute Gasteiger partial charge is 0.294 e. The number of carbonyl (C=O) groups excluding carboxylic acids is 3. The molecule has 1 aliphatic carbocycles. The summed E-state index contributed by atoms with van der Waals surface area (Å²) < 4.78 is 29.1. The van der Waals surface area contributed by atoms with E-state index in [0.717, 1.165) is 0 Å². The number of nitrogens with one attached hydrogen (secondary N) is 2. The third-order valence-corrected chi connectivity index (χ3v) is 6.06. The average Bonchev–Trinajstić information content (AvgIpc) is 2.94. The van der Waals surface area contributed by atoms with Gasteiger partial charge in [-0.3, -0.25) is 14.4 Å². The van der Waals surface area contributed by atoms with Crippen molar-refractivity contribution in [3.05, 3.63) is 52.1 Å². The standard InChI is InChI=1S/C23H27F2N3O4/c1-11-9-14(5-7-16(11)24)26-22(31)19-12(2)20(28(4)13(19)3)21(30)23(32)27-18-8-6-15(29)10-17(18)25/h5,7,9,15,17-18,29H,6,8,10H2,1-4H3,(H,26,31)(H,27,32)/t15-,17-,18+/m0/s1. The van der Waals surface area contributed by atoms with Gasteiger partial charge in [0.2, 0.25) is 0 Å². The van der Waals surface area contributed by atoms with Crippen LogP contribution < -0.4 is 10.6 Å². The van der Waals surface area contributed by atoms with Gasteiger partial charge in [-0.05, 0) is 62.9 Å². The van der Waals surface area contributed by atoms with Crippen molar-refractivity contribution in [2.24, 2.45) is 7.05 Å². The second kappa shape index (κ2) is 9.20. The van der Waals surface area contributed by atoms with E-state index in [-0.39, 0.29) is 24.1 Å². The molecular weight excluding hydrogens is 420 g/mol. The number of alkyl halides is 1. The predicted octanol–water partition coefficient (Wildman–Crippen LogP) is 2.89. The van der Waals surface area contributed by atoms with E-state index < -0.39 is 41.7 Å². The van der Waals surface area contributed by atoms with E-state index in [4.69, 9.17) is 0 Å². The summed E-state index contributed by atoms with van der Waals surface area (Å²) in [6, 6.07) is 3.33. The van der Waals surface area contributed by atoms with Gasteiger partial charge in [0, 0.05) is 24.8 Å². The minimum atomic E-state index is -1.44. The molecule has 0 aliphatic heterocycles. The summed E-state index contributed by atoms with van der Waals surface area (Å²) >= 11 is 0. The van der Waals surface area contributed by atoms with Crippen LogP contribution in [0.25, 0.3) is 0 Å². The van der Waals surface area contributed by atoms with Crippen LogP contribution in [0.4, 0.5) is 14.5 Å². The number of hydrogen-bond donors (Lipinski definition) is 3. The molecule has 3 N–H and O–H groups in total. The summed E-state index contributed by atoms with van der Waals surface area (Å²) in [6.45, 7) is 4.79. The van der Waals surface area contributed by atoms with Crippen LogP contribution in [0.5, 0.6) is 0 Å². The van der Waals surface area contributed by atoms with Crippen molar-refractivity contribution < 1.29 is 28.3 Å². The molecule has 172 valence electrons. The van der Waals surface area contributed by atoms with Gasteiger partial charge in [0.1, 0.15) is 12.0 Å². The molecule has 2 aromatic rings. The predicted molar refractivity (Wildman–Crippen MR) is 115 cm³/mol. The normalized spacial score (nSPS) is 20.7. The van der Waals surface area contributed by atoms with Crippen LogP contribution in [0.2, 0.25) is 0 Å². The first-order valence-corrected chi connectivity index (χ1v) is 10.4. The van der Waals surface area contributed by atoms with E-state index >= 15 is 0 Å². The molecule has 0 spiro atoms. The Balaban J connectivity index is 1.81. The van der Waals surface area contributed by atoms with E-state index in [0.29, 0.717) is 28.9 Å². The molecule has 1 heterocycles. The van der Waals surface area contributed by atoms with E-state index in [1.807, 2.05) is 0 Å². The number of nitrogens with zero attached hydrogens (tertiary/aromatic N) is 1. The summed E-state index contributed by atoms with van der Waals surface area (Å²) in [6.07, 6.45) is -1.70. The number of aliphatic hydroxyl groups is 1. The fraction of sp³-hybridized carbons (Fsp3) is 0.435. The van der Waals surface area contributed by atoms with Gasteiger partial charge in [0.25, 0.3) is 17.6 Å². The van der Waals surface area contributed by atoms with Gasteiger partial charge in [-0.15, -0.1) is 0 Å². The second-order valence-electron chi connectivity index (χ2n) is 8.30. The molecule has 32 heavy (non-hydrogen) atoms. The Morgan fingerprint density at radius 3 is 2.47 bits per heavy atom. The van der Waals surface area contributed by atoms with E-state index in [2.05, 4.69) is 10.6 Å². The van der Waals surface area contributed by atoms with Crippen molar-refractivity contribution in [2.75, 3.05) is 5.32 Å². The van der Waals surface area contributed by atoms with Crippen LogP contribution >= 0.6 is 0 Å². The number of ketones is 1. The maximum atomic E-state index is 14.2. The van der Waals surface area contributed by atoms with Crippen LogP contribution in [-0.2, 0) is 11.8 Å². The number of aliphatic hydroxyl groups excluding tert-OH is 1. The summed E-state index contributed by atoms with van der Waals surface area (Å²) in [7, 11) is 1.57. The lowest BCUT2D eigenvalue weighted by molar-refractivity contribution is -0.118. The summed E-state index contributed by atoms with van der Waals surface area (Å²) in [4.78, 5) is 38.3. The molecule has 3 rings (SSSR count). The van der Waals surface area contributed by atoms with Crippen molar-refractivity contribution in [2.45, 2.75) is 58.4 Å². The zero-order valence-corrected chi connectivity index (χ0v) is 18.5. The molecule has 0 unspecified atom stereocenters. The van der Waals surface area contributed by atoms with Gasteiger partial charge in [0.15, 0.2) is 0 Å². The van der Waals surface area contributed by atoms with E-state index in [9.17, 15) is 28.3 Å². The Morgan fingerprint density at radius 2 is 1.84 bits per heavy atom. The number of hydrogen-bond acceptors (Lipinski definition) is 4. The summed E-state index contributed by atoms with van der Waals surface area (Å²) in [5.74, 6) is -2.72. The maximum absolute atomic E-state index is 14.2. The Morgan fingerprint density at radius 1 is 1.16 bits per heavy atom. The molecule has 1 aromatic carbocycles. The van der Waals surface area contributed by atoms with Crippen molar-refractivity contribution in [1.82, 2.24) is 9.88 Å². The van der Waals surface area contributed by atoms with Gasteiger partial charge >= 0.3 is 0 Å². The number of anilines is 1. The van der Waals surface area contributed by atoms with Crippen molar-refractivity contribution in [3.8, 4) is 0 Å². The Kier molecular flexibility index (Phi) is 6.78. The van der Waals surface area contributed by atoms with Crippen molar-refractivity contribution >= 4 is 23.3 Å². The minimum Gasteiger partial charge on any atom is -0.393 e. The Labute approximate surface area is 184 Å². The van der Waals surface area contributed by atoms with Crippen LogP contribution in [-0.4, -0.2) is 45.6 Å². The summed E-state index contributed by atoms with van der Waals surface area (Å²) in [5, 5.41) is 14.6. The molecule has 3 atom stereocenters. The maximum Gasteiger partial charge on any atom is 0.294 e. The lowest BCUT2D eigenvalue weighted by Crippen LogP contribution is -2.48. The second-order valence-corrected chi connectivity index (χ2v) is 8.30. The largest absolute Gasteiger partial charge is 0.393 e. The fourth-order valence-corrected chi connectivity index (χ4v) is 4.15. The van der Waals surface area contributed by atoms with Gasteiger partial charge in [0.05, 0.1) is 23.4 Å². The van der Waals surface area contributed by atoms with Crippen molar-refractivity contribution in [1.29, 1.82) is 0 Å². The molecule has 0 radical (unpaired) electrons. The molecular formula is C23H27F2N3O4. The number of halogens is 2. The zero-order valence-electron chi connectivity index (χ0n) is 18.5. The highest BCUT2D eigenvalue weighted by molar-refractivity contribution is 6.43. The number of carbonyl (C=O) groups is 3. The molecule has 7 nitrogen and oxygen atoms in total. The molecule has 9 heteroatoms. The highest BCUT2D eigenvalue weighted by Crippen LogP contribution is 2.25. The Hall–Kier alpha value is -3.07. The van der Waals surface area contributed by atoms with Crippen LogP contribution in [0.1, 0.15) is 56.9 Å².